The van der Waals surface area contributed by atoms with Gasteiger partial charge in [0.2, 0.25) is 5.91 Å². The number of para-hydroxylation sites is 1. The molecule has 4 nitrogen and oxygen atoms in total. The maximum atomic E-state index is 12.4. The summed E-state index contributed by atoms with van der Waals surface area (Å²) in [6.07, 6.45) is 1.41. The van der Waals surface area contributed by atoms with Gasteiger partial charge in [-0.15, -0.1) is 0 Å². The van der Waals surface area contributed by atoms with E-state index < -0.39 is 0 Å². The van der Waals surface area contributed by atoms with E-state index in [2.05, 4.69) is 12.2 Å². The first-order valence-electron chi connectivity index (χ1n) is 6.88. The third kappa shape index (κ3) is 3.26. The van der Waals surface area contributed by atoms with E-state index in [1.807, 2.05) is 29.2 Å². The van der Waals surface area contributed by atoms with Crippen LogP contribution < -0.4 is 10.1 Å². The molecule has 1 aromatic rings. The predicted octanol–water partition coefficient (Wildman–Crippen LogP) is 1.45. The first kappa shape index (κ1) is 13.9. The molecular formula is C15H22N2O2. The second-order valence-electron chi connectivity index (χ2n) is 4.89. The molecule has 1 fully saturated rings. The molecule has 1 aliphatic rings. The molecule has 1 saturated heterocycles. The van der Waals surface area contributed by atoms with Crippen LogP contribution in [0.3, 0.4) is 0 Å². The molecule has 1 aliphatic heterocycles. The van der Waals surface area contributed by atoms with E-state index >= 15 is 0 Å². The SMILES string of the molecule is CCCN(C(=O)Cc1ccccc1OC)C1CNC1. The number of hydrogen-bond acceptors (Lipinski definition) is 3. The Labute approximate surface area is 114 Å². The van der Waals surface area contributed by atoms with Crippen molar-refractivity contribution in [2.24, 2.45) is 0 Å². The normalized spacial score (nSPS) is 14.8. The minimum atomic E-state index is 0.192. The van der Waals surface area contributed by atoms with Gasteiger partial charge in [0, 0.05) is 25.2 Å². The van der Waals surface area contributed by atoms with Gasteiger partial charge in [0.1, 0.15) is 5.75 Å². The van der Waals surface area contributed by atoms with Gasteiger partial charge in [0.15, 0.2) is 0 Å². The van der Waals surface area contributed by atoms with Gasteiger partial charge in [-0.3, -0.25) is 4.79 Å². The Morgan fingerprint density at radius 1 is 1.42 bits per heavy atom. The van der Waals surface area contributed by atoms with Crippen molar-refractivity contribution in [1.29, 1.82) is 0 Å². The van der Waals surface area contributed by atoms with Crippen LogP contribution in [0.5, 0.6) is 5.75 Å². The van der Waals surface area contributed by atoms with Crippen molar-refractivity contribution in [3.05, 3.63) is 29.8 Å². The van der Waals surface area contributed by atoms with Gasteiger partial charge < -0.3 is 15.0 Å². The van der Waals surface area contributed by atoms with Crippen molar-refractivity contribution < 1.29 is 9.53 Å². The van der Waals surface area contributed by atoms with E-state index in [-0.39, 0.29) is 5.91 Å². The summed E-state index contributed by atoms with van der Waals surface area (Å²) < 4.78 is 5.30. The number of rotatable bonds is 6. The van der Waals surface area contributed by atoms with Crippen LogP contribution in [-0.2, 0) is 11.2 Å². The second-order valence-corrected chi connectivity index (χ2v) is 4.89. The zero-order valence-corrected chi connectivity index (χ0v) is 11.7. The zero-order chi connectivity index (χ0) is 13.7. The van der Waals surface area contributed by atoms with Crippen LogP contribution in [0, 0.1) is 0 Å². The van der Waals surface area contributed by atoms with Gasteiger partial charge in [-0.25, -0.2) is 0 Å². The zero-order valence-electron chi connectivity index (χ0n) is 11.7. The van der Waals surface area contributed by atoms with Crippen LogP contribution in [0.25, 0.3) is 0 Å². The first-order chi connectivity index (χ1) is 9.26. The van der Waals surface area contributed by atoms with E-state index in [0.717, 1.165) is 37.4 Å². The number of hydrogen-bond donors (Lipinski definition) is 1. The number of methoxy groups -OCH3 is 1. The average molecular weight is 262 g/mol. The molecular weight excluding hydrogens is 240 g/mol. The number of carbonyl (C=O) groups excluding carboxylic acids is 1. The number of nitrogens with zero attached hydrogens (tertiary/aromatic N) is 1. The van der Waals surface area contributed by atoms with Crippen molar-refractivity contribution >= 4 is 5.91 Å². The van der Waals surface area contributed by atoms with E-state index in [1.54, 1.807) is 7.11 Å². The van der Waals surface area contributed by atoms with Crippen LogP contribution in [0.4, 0.5) is 0 Å². The molecule has 0 aromatic heterocycles. The third-order valence-electron chi connectivity index (χ3n) is 3.52. The fraction of sp³-hybridized carbons (Fsp3) is 0.533. The van der Waals surface area contributed by atoms with Crippen molar-refractivity contribution in [3.63, 3.8) is 0 Å². The largest absolute Gasteiger partial charge is 0.496 e. The molecule has 0 radical (unpaired) electrons. The monoisotopic (exact) mass is 262 g/mol. The van der Waals surface area contributed by atoms with Crippen LogP contribution in [0.15, 0.2) is 24.3 Å². The lowest BCUT2D eigenvalue weighted by Gasteiger charge is -2.38. The highest BCUT2D eigenvalue weighted by Crippen LogP contribution is 2.19. The number of nitrogens with one attached hydrogen (secondary N) is 1. The highest BCUT2D eigenvalue weighted by atomic mass is 16.5. The lowest BCUT2D eigenvalue weighted by Crippen LogP contribution is -2.59. The molecule has 4 heteroatoms. The molecule has 19 heavy (non-hydrogen) atoms. The molecule has 0 atom stereocenters. The topological polar surface area (TPSA) is 41.6 Å². The van der Waals surface area contributed by atoms with E-state index in [0.29, 0.717) is 12.5 Å². The molecule has 1 aromatic carbocycles. The second kappa shape index (κ2) is 6.57. The smallest absolute Gasteiger partial charge is 0.227 e. The summed E-state index contributed by atoms with van der Waals surface area (Å²) in [4.78, 5) is 14.5. The first-order valence-corrected chi connectivity index (χ1v) is 6.88. The summed E-state index contributed by atoms with van der Waals surface area (Å²) in [6.45, 7) is 4.77. The van der Waals surface area contributed by atoms with Crippen molar-refractivity contribution in [2.75, 3.05) is 26.7 Å². The molecule has 1 N–H and O–H groups in total. The summed E-state index contributed by atoms with van der Waals surface area (Å²) in [5.41, 5.74) is 0.961. The summed E-state index contributed by atoms with van der Waals surface area (Å²) in [6, 6.07) is 8.09. The molecule has 0 unspecified atom stereocenters. The van der Waals surface area contributed by atoms with Crippen LogP contribution in [0.2, 0.25) is 0 Å². The Bertz CT molecular complexity index is 430. The molecule has 0 aliphatic carbocycles. The van der Waals surface area contributed by atoms with Gasteiger partial charge in [0.25, 0.3) is 0 Å². The minimum absolute atomic E-state index is 0.192. The lowest BCUT2D eigenvalue weighted by molar-refractivity contribution is -0.133. The van der Waals surface area contributed by atoms with Gasteiger partial charge in [-0.05, 0) is 12.5 Å². The minimum Gasteiger partial charge on any atom is -0.496 e. The molecule has 2 rings (SSSR count). The number of carbonyl (C=O) groups is 1. The Hall–Kier alpha value is -1.55. The molecule has 1 heterocycles. The van der Waals surface area contributed by atoms with Crippen LogP contribution in [0.1, 0.15) is 18.9 Å². The molecule has 0 bridgehead atoms. The number of amides is 1. The Balaban J connectivity index is 2.05. The average Bonchev–Trinajstić information content (AvgIpc) is 2.36. The Kier molecular flexibility index (Phi) is 4.80. The maximum Gasteiger partial charge on any atom is 0.227 e. The fourth-order valence-corrected chi connectivity index (χ4v) is 2.36. The molecule has 0 saturated carbocycles. The summed E-state index contributed by atoms with van der Waals surface area (Å²) >= 11 is 0. The standard InChI is InChI=1S/C15H22N2O2/c1-3-8-17(13-10-16-11-13)15(18)9-12-6-4-5-7-14(12)19-2/h4-7,13,16H,3,8-11H2,1-2H3. The van der Waals surface area contributed by atoms with Gasteiger partial charge >= 0.3 is 0 Å². The summed E-state index contributed by atoms with van der Waals surface area (Å²) in [5.74, 6) is 0.983. The van der Waals surface area contributed by atoms with Crippen LogP contribution >= 0.6 is 0 Å². The molecule has 1 amide bonds. The molecule has 0 spiro atoms. The highest BCUT2D eigenvalue weighted by molar-refractivity contribution is 5.80. The van der Waals surface area contributed by atoms with E-state index in [1.165, 1.54) is 0 Å². The summed E-state index contributed by atoms with van der Waals surface area (Å²) in [7, 11) is 1.64. The van der Waals surface area contributed by atoms with E-state index in [9.17, 15) is 4.79 Å². The number of ether oxygens (including phenoxy) is 1. The quantitative estimate of drug-likeness (QED) is 0.843. The highest BCUT2D eigenvalue weighted by Gasteiger charge is 2.28. The van der Waals surface area contributed by atoms with Gasteiger partial charge in [-0.2, -0.15) is 0 Å². The third-order valence-corrected chi connectivity index (χ3v) is 3.52. The maximum absolute atomic E-state index is 12.4. The lowest BCUT2D eigenvalue weighted by atomic mass is 10.1. The predicted molar refractivity (Wildman–Crippen MR) is 75.4 cm³/mol. The van der Waals surface area contributed by atoms with Gasteiger partial charge in [0.05, 0.1) is 19.6 Å². The van der Waals surface area contributed by atoms with Crippen molar-refractivity contribution in [3.8, 4) is 5.75 Å². The Morgan fingerprint density at radius 3 is 2.74 bits per heavy atom. The fourth-order valence-electron chi connectivity index (χ4n) is 2.36. The molecule has 104 valence electrons. The van der Waals surface area contributed by atoms with Crippen molar-refractivity contribution in [2.45, 2.75) is 25.8 Å². The van der Waals surface area contributed by atoms with Crippen molar-refractivity contribution in [1.82, 2.24) is 10.2 Å². The van der Waals surface area contributed by atoms with Crippen LogP contribution in [-0.4, -0.2) is 43.6 Å². The van der Waals surface area contributed by atoms with Gasteiger partial charge in [-0.1, -0.05) is 25.1 Å². The Morgan fingerprint density at radius 2 is 2.16 bits per heavy atom. The summed E-state index contributed by atoms with van der Waals surface area (Å²) in [5, 5.41) is 3.22. The van der Waals surface area contributed by atoms with E-state index in [4.69, 9.17) is 4.74 Å². The number of benzene rings is 1.